The number of nitrogens with zero attached hydrogens (tertiary/aromatic N) is 1. The van der Waals surface area contributed by atoms with Crippen molar-refractivity contribution < 1.29 is 0 Å². The zero-order chi connectivity index (χ0) is 11.5. The standard InChI is InChI=1S/C13H14ClNS/c1-9-3-4-10(2)11(5-9)6-12(14)13-7-15-8-16-13/h3-5,7-8,12H,6H2,1-2H3. The monoisotopic (exact) mass is 251 g/mol. The third-order valence-electron chi connectivity index (χ3n) is 2.66. The van der Waals surface area contributed by atoms with Gasteiger partial charge in [-0.05, 0) is 31.4 Å². The lowest BCUT2D eigenvalue weighted by molar-refractivity contribution is 0.924. The number of hydrogen-bond acceptors (Lipinski definition) is 2. The predicted octanol–water partition coefficient (Wildman–Crippen LogP) is 4.28. The summed E-state index contributed by atoms with van der Waals surface area (Å²) >= 11 is 7.99. The first-order valence-corrected chi connectivity index (χ1v) is 6.57. The molecule has 0 spiro atoms. The van der Waals surface area contributed by atoms with Crippen molar-refractivity contribution in [2.75, 3.05) is 0 Å². The Morgan fingerprint density at radius 1 is 1.38 bits per heavy atom. The molecule has 1 atom stereocenters. The number of halogens is 1. The van der Waals surface area contributed by atoms with Crippen LogP contribution in [0.1, 0.15) is 26.9 Å². The lowest BCUT2D eigenvalue weighted by atomic mass is 10.0. The first kappa shape index (κ1) is 11.6. The summed E-state index contributed by atoms with van der Waals surface area (Å²) in [7, 11) is 0. The van der Waals surface area contributed by atoms with Gasteiger partial charge in [-0.15, -0.1) is 22.9 Å². The van der Waals surface area contributed by atoms with Crippen LogP contribution in [0.5, 0.6) is 0 Å². The minimum absolute atomic E-state index is 0.0352. The zero-order valence-corrected chi connectivity index (χ0v) is 11.0. The fraction of sp³-hybridized carbons (Fsp3) is 0.308. The Kier molecular flexibility index (Phi) is 3.62. The van der Waals surface area contributed by atoms with Crippen LogP contribution < -0.4 is 0 Å². The molecule has 0 saturated carbocycles. The van der Waals surface area contributed by atoms with Gasteiger partial charge in [0.1, 0.15) is 0 Å². The molecule has 3 heteroatoms. The van der Waals surface area contributed by atoms with Crippen molar-refractivity contribution in [3.05, 3.63) is 51.5 Å². The third-order valence-corrected chi connectivity index (χ3v) is 4.07. The van der Waals surface area contributed by atoms with E-state index in [2.05, 4.69) is 37.0 Å². The first-order valence-electron chi connectivity index (χ1n) is 5.25. The molecule has 0 aliphatic rings. The average molecular weight is 252 g/mol. The molecule has 1 unspecified atom stereocenters. The number of rotatable bonds is 3. The molecule has 84 valence electrons. The highest BCUT2D eigenvalue weighted by molar-refractivity contribution is 7.09. The first-order chi connectivity index (χ1) is 7.66. The summed E-state index contributed by atoms with van der Waals surface area (Å²) < 4.78 is 0. The molecule has 0 radical (unpaired) electrons. The van der Waals surface area contributed by atoms with E-state index in [9.17, 15) is 0 Å². The van der Waals surface area contributed by atoms with Gasteiger partial charge in [-0.1, -0.05) is 23.8 Å². The molecule has 2 aromatic rings. The number of aromatic nitrogens is 1. The van der Waals surface area contributed by atoms with Crippen LogP contribution in [0, 0.1) is 13.8 Å². The predicted molar refractivity (Wildman–Crippen MR) is 70.3 cm³/mol. The fourth-order valence-electron chi connectivity index (χ4n) is 1.69. The molecule has 1 heterocycles. The maximum atomic E-state index is 6.38. The van der Waals surface area contributed by atoms with Gasteiger partial charge in [0.05, 0.1) is 10.9 Å². The van der Waals surface area contributed by atoms with Gasteiger partial charge in [-0.25, -0.2) is 0 Å². The van der Waals surface area contributed by atoms with E-state index in [1.807, 2.05) is 11.7 Å². The van der Waals surface area contributed by atoms with E-state index >= 15 is 0 Å². The van der Waals surface area contributed by atoms with Crippen LogP contribution in [0.2, 0.25) is 0 Å². The van der Waals surface area contributed by atoms with Crippen LogP contribution >= 0.6 is 22.9 Å². The summed E-state index contributed by atoms with van der Waals surface area (Å²) in [6, 6.07) is 6.50. The highest BCUT2D eigenvalue weighted by atomic mass is 35.5. The van der Waals surface area contributed by atoms with E-state index in [1.54, 1.807) is 11.3 Å². The highest BCUT2D eigenvalue weighted by Crippen LogP contribution is 2.28. The highest BCUT2D eigenvalue weighted by Gasteiger charge is 2.11. The molecule has 0 bridgehead atoms. The van der Waals surface area contributed by atoms with E-state index in [1.165, 1.54) is 16.7 Å². The summed E-state index contributed by atoms with van der Waals surface area (Å²) in [6.45, 7) is 4.24. The molecule has 0 amide bonds. The van der Waals surface area contributed by atoms with Gasteiger partial charge in [0, 0.05) is 11.1 Å². The topological polar surface area (TPSA) is 12.9 Å². The van der Waals surface area contributed by atoms with E-state index < -0.39 is 0 Å². The van der Waals surface area contributed by atoms with E-state index in [0.29, 0.717) is 0 Å². The number of aryl methyl sites for hydroxylation is 2. The van der Waals surface area contributed by atoms with Gasteiger partial charge in [0.15, 0.2) is 0 Å². The van der Waals surface area contributed by atoms with Crippen molar-refractivity contribution in [2.45, 2.75) is 25.6 Å². The van der Waals surface area contributed by atoms with Crippen LogP contribution in [-0.2, 0) is 6.42 Å². The van der Waals surface area contributed by atoms with Crippen LogP contribution in [0.4, 0.5) is 0 Å². The molecule has 0 aliphatic carbocycles. The molecular weight excluding hydrogens is 238 g/mol. The Balaban J connectivity index is 2.17. The Labute approximate surface area is 105 Å². The number of hydrogen-bond donors (Lipinski definition) is 0. The molecule has 0 fully saturated rings. The van der Waals surface area contributed by atoms with Crippen LogP contribution in [0.25, 0.3) is 0 Å². The minimum atomic E-state index is 0.0352. The normalized spacial score (nSPS) is 12.7. The van der Waals surface area contributed by atoms with E-state index in [0.717, 1.165) is 11.3 Å². The number of alkyl halides is 1. The summed E-state index contributed by atoms with van der Waals surface area (Å²) in [5, 5.41) is 0.0352. The molecule has 0 aliphatic heterocycles. The molecule has 2 rings (SSSR count). The van der Waals surface area contributed by atoms with Crippen molar-refractivity contribution >= 4 is 22.9 Å². The second-order valence-electron chi connectivity index (χ2n) is 4.01. The van der Waals surface area contributed by atoms with Crippen LogP contribution in [0.15, 0.2) is 29.9 Å². The SMILES string of the molecule is Cc1ccc(C)c(CC(Cl)c2cncs2)c1. The van der Waals surface area contributed by atoms with Crippen LogP contribution in [0.3, 0.4) is 0 Å². The lowest BCUT2D eigenvalue weighted by Gasteiger charge is -2.10. The van der Waals surface area contributed by atoms with Gasteiger partial charge < -0.3 is 0 Å². The maximum Gasteiger partial charge on any atom is 0.0794 e. The number of benzene rings is 1. The van der Waals surface area contributed by atoms with Gasteiger partial charge >= 0.3 is 0 Å². The van der Waals surface area contributed by atoms with Gasteiger partial charge in [-0.2, -0.15) is 0 Å². The van der Waals surface area contributed by atoms with E-state index in [-0.39, 0.29) is 5.38 Å². The lowest BCUT2D eigenvalue weighted by Crippen LogP contribution is -1.96. The minimum Gasteiger partial charge on any atom is -0.253 e. The second-order valence-corrected chi connectivity index (χ2v) is 5.45. The van der Waals surface area contributed by atoms with Crippen LogP contribution in [-0.4, -0.2) is 4.98 Å². The fourth-order valence-corrected chi connectivity index (χ4v) is 2.67. The van der Waals surface area contributed by atoms with Crippen molar-refractivity contribution in [1.82, 2.24) is 4.98 Å². The molecular formula is C13H14ClNS. The van der Waals surface area contributed by atoms with Crippen molar-refractivity contribution in [2.24, 2.45) is 0 Å². The van der Waals surface area contributed by atoms with Crippen molar-refractivity contribution in [1.29, 1.82) is 0 Å². The summed E-state index contributed by atoms with van der Waals surface area (Å²) in [6.07, 6.45) is 2.73. The van der Waals surface area contributed by atoms with E-state index in [4.69, 9.17) is 11.6 Å². The maximum absolute atomic E-state index is 6.38. The summed E-state index contributed by atoms with van der Waals surface area (Å²) in [4.78, 5) is 5.20. The smallest absolute Gasteiger partial charge is 0.0794 e. The number of thiazole rings is 1. The second kappa shape index (κ2) is 4.98. The van der Waals surface area contributed by atoms with Gasteiger partial charge in [0.25, 0.3) is 0 Å². The Morgan fingerprint density at radius 3 is 2.88 bits per heavy atom. The van der Waals surface area contributed by atoms with Crippen molar-refractivity contribution in [3.63, 3.8) is 0 Å². The molecule has 0 N–H and O–H groups in total. The summed E-state index contributed by atoms with van der Waals surface area (Å²) in [5.74, 6) is 0. The summed E-state index contributed by atoms with van der Waals surface area (Å²) in [5.41, 5.74) is 5.75. The quantitative estimate of drug-likeness (QED) is 0.742. The van der Waals surface area contributed by atoms with Crippen molar-refractivity contribution in [3.8, 4) is 0 Å². The largest absolute Gasteiger partial charge is 0.253 e. The zero-order valence-electron chi connectivity index (χ0n) is 9.40. The molecule has 1 aromatic carbocycles. The molecule has 1 nitrogen and oxygen atoms in total. The Hall–Kier alpha value is -0.860. The average Bonchev–Trinajstić information content (AvgIpc) is 2.76. The van der Waals surface area contributed by atoms with Gasteiger partial charge in [0.2, 0.25) is 0 Å². The molecule has 1 aromatic heterocycles. The molecule has 0 saturated heterocycles. The van der Waals surface area contributed by atoms with Gasteiger partial charge in [-0.3, -0.25) is 4.98 Å². The third kappa shape index (κ3) is 2.63. The Bertz CT molecular complexity index is 465. The Morgan fingerprint density at radius 2 is 2.19 bits per heavy atom. The molecule has 16 heavy (non-hydrogen) atoms.